The van der Waals surface area contributed by atoms with Gasteiger partial charge in [0.25, 0.3) is 0 Å². The fraction of sp³-hybridized carbons (Fsp3) is 0.172. The van der Waals surface area contributed by atoms with E-state index in [1.165, 1.54) is 0 Å². The van der Waals surface area contributed by atoms with E-state index in [2.05, 4.69) is 34.4 Å². The highest BCUT2D eigenvalue weighted by molar-refractivity contribution is 6.07. The lowest BCUT2D eigenvalue weighted by molar-refractivity contribution is 0.262. The van der Waals surface area contributed by atoms with Crippen molar-refractivity contribution < 1.29 is 9.53 Å². The molecule has 2 aromatic heterocycles. The van der Waals surface area contributed by atoms with Crippen molar-refractivity contribution in [3.05, 3.63) is 96.1 Å². The fourth-order valence-corrected chi connectivity index (χ4v) is 4.00. The predicted octanol–water partition coefficient (Wildman–Crippen LogP) is 6.99. The maximum atomic E-state index is 13.1. The van der Waals surface area contributed by atoms with Crippen LogP contribution in [0.2, 0.25) is 0 Å². The first-order chi connectivity index (χ1) is 17.9. The number of nitrogens with one attached hydrogen (secondary N) is 2. The summed E-state index contributed by atoms with van der Waals surface area (Å²) in [6.07, 6.45) is 1.66. The highest BCUT2D eigenvalue weighted by Crippen LogP contribution is 2.34. The monoisotopic (exact) mass is 492 g/mol. The van der Waals surface area contributed by atoms with E-state index in [0.29, 0.717) is 29.0 Å². The Morgan fingerprint density at radius 1 is 0.919 bits per heavy atom. The maximum absolute atomic E-state index is 13.1. The summed E-state index contributed by atoms with van der Waals surface area (Å²) in [5, 5.41) is 12.4. The number of urea groups is 1. The SMILES string of the molecule is Cc1ccc(-n2nc(C(C)C)cc2NC(=O)Nc2ccc(Oc3ccnc(C)n3)c3ccccc23)cc1. The lowest BCUT2D eigenvalue weighted by atomic mass is 10.1. The number of aromatic nitrogens is 4. The second-order valence-electron chi connectivity index (χ2n) is 9.14. The Labute approximate surface area is 215 Å². The Hall–Kier alpha value is -4.72. The van der Waals surface area contributed by atoms with Crippen LogP contribution in [0.4, 0.5) is 16.3 Å². The van der Waals surface area contributed by atoms with Gasteiger partial charge < -0.3 is 10.1 Å². The van der Waals surface area contributed by atoms with Gasteiger partial charge in [-0.1, -0.05) is 55.8 Å². The minimum absolute atomic E-state index is 0.213. The van der Waals surface area contributed by atoms with E-state index in [9.17, 15) is 4.79 Å². The number of rotatable bonds is 6. The molecule has 2 amide bonds. The summed E-state index contributed by atoms with van der Waals surface area (Å²) in [5.74, 6) is 2.53. The van der Waals surface area contributed by atoms with E-state index in [0.717, 1.165) is 27.7 Å². The van der Waals surface area contributed by atoms with Gasteiger partial charge in [-0.25, -0.2) is 14.5 Å². The van der Waals surface area contributed by atoms with Crippen LogP contribution in [-0.4, -0.2) is 25.8 Å². The van der Waals surface area contributed by atoms with E-state index in [-0.39, 0.29) is 11.9 Å². The van der Waals surface area contributed by atoms with Crippen LogP contribution in [0.5, 0.6) is 11.6 Å². The van der Waals surface area contributed by atoms with Gasteiger partial charge >= 0.3 is 6.03 Å². The van der Waals surface area contributed by atoms with Gasteiger partial charge in [-0.15, -0.1) is 0 Å². The van der Waals surface area contributed by atoms with Crippen molar-refractivity contribution in [2.75, 3.05) is 10.6 Å². The molecule has 0 radical (unpaired) electrons. The standard InChI is InChI=1S/C29H28N6O2/c1-18(2)25-17-27(35(34-25)21-11-9-19(3)10-12-21)33-29(36)32-24-13-14-26(23-8-6-5-7-22(23)24)37-28-15-16-30-20(4)31-28/h5-18H,1-4H3,(H2,32,33,36). The van der Waals surface area contributed by atoms with Gasteiger partial charge in [0.1, 0.15) is 17.4 Å². The van der Waals surface area contributed by atoms with E-state index >= 15 is 0 Å². The quantitative estimate of drug-likeness (QED) is 0.266. The van der Waals surface area contributed by atoms with Gasteiger partial charge in [0, 0.05) is 29.1 Å². The summed E-state index contributed by atoms with van der Waals surface area (Å²) in [4.78, 5) is 21.6. The Balaban J connectivity index is 1.42. The van der Waals surface area contributed by atoms with Gasteiger partial charge in [0.05, 0.1) is 17.1 Å². The fourth-order valence-electron chi connectivity index (χ4n) is 4.00. The maximum Gasteiger partial charge on any atom is 0.324 e. The first kappa shape index (κ1) is 24.0. The van der Waals surface area contributed by atoms with Crippen LogP contribution in [0.1, 0.15) is 36.8 Å². The average molecular weight is 493 g/mol. The van der Waals surface area contributed by atoms with Gasteiger partial charge in [-0.2, -0.15) is 10.1 Å². The summed E-state index contributed by atoms with van der Waals surface area (Å²) in [7, 11) is 0. The number of carbonyl (C=O) groups excluding carboxylic acids is 1. The highest BCUT2D eigenvalue weighted by Gasteiger charge is 2.16. The first-order valence-corrected chi connectivity index (χ1v) is 12.1. The van der Waals surface area contributed by atoms with Crippen LogP contribution >= 0.6 is 0 Å². The molecule has 0 saturated carbocycles. The zero-order chi connectivity index (χ0) is 25.9. The third-order valence-electron chi connectivity index (χ3n) is 5.94. The van der Waals surface area contributed by atoms with E-state index in [1.54, 1.807) is 16.9 Å². The van der Waals surface area contributed by atoms with Crippen molar-refractivity contribution in [3.63, 3.8) is 0 Å². The summed E-state index contributed by atoms with van der Waals surface area (Å²) in [6, 6.07) is 22.7. The predicted molar refractivity (Wildman–Crippen MR) is 146 cm³/mol. The molecule has 2 N–H and O–H groups in total. The van der Waals surface area contributed by atoms with Crippen LogP contribution < -0.4 is 15.4 Å². The Morgan fingerprint density at radius 2 is 1.68 bits per heavy atom. The van der Waals surface area contributed by atoms with Gasteiger partial charge in [-0.05, 0) is 44.0 Å². The molecule has 0 unspecified atom stereocenters. The smallest absolute Gasteiger partial charge is 0.324 e. The molecule has 0 saturated heterocycles. The molecule has 0 aliphatic carbocycles. The minimum Gasteiger partial charge on any atom is -0.438 e. The molecule has 3 aromatic carbocycles. The third kappa shape index (κ3) is 5.28. The largest absolute Gasteiger partial charge is 0.438 e. The van der Waals surface area contributed by atoms with Crippen molar-refractivity contribution in [1.82, 2.24) is 19.7 Å². The number of carbonyl (C=O) groups is 1. The normalized spacial score (nSPS) is 11.1. The number of hydrogen-bond donors (Lipinski definition) is 2. The molecule has 5 aromatic rings. The van der Waals surface area contributed by atoms with E-state index < -0.39 is 0 Å². The zero-order valence-corrected chi connectivity index (χ0v) is 21.2. The van der Waals surface area contributed by atoms with Gasteiger partial charge in [0.15, 0.2) is 0 Å². The summed E-state index contributed by atoms with van der Waals surface area (Å²) < 4.78 is 7.79. The molecule has 0 spiro atoms. The molecule has 0 aliphatic heterocycles. The first-order valence-electron chi connectivity index (χ1n) is 12.1. The van der Waals surface area contributed by atoms with Crippen LogP contribution in [0.25, 0.3) is 16.5 Å². The van der Waals surface area contributed by atoms with Crippen molar-refractivity contribution in [3.8, 4) is 17.3 Å². The Bertz CT molecular complexity index is 1570. The summed E-state index contributed by atoms with van der Waals surface area (Å²) in [5.41, 5.74) is 3.58. The number of anilines is 2. The van der Waals surface area contributed by atoms with Crippen LogP contribution in [-0.2, 0) is 0 Å². The van der Waals surface area contributed by atoms with Crippen molar-refractivity contribution in [2.45, 2.75) is 33.6 Å². The van der Waals surface area contributed by atoms with Crippen LogP contribution in [0, 0.1) is 13.8 Å². The van der Waals surface area contributed by atoms with Crippen molar-refractivity contribution in [1.29, 1.82) is 0 Å². The molecule has 8 heteroatoms. The van der Waals surface area contributed by atoms with Crippen molar-refractivity contribution >= 4 is 28.3 Å². The number of fused-ring (bicyclic) bond motifs is 1. The lowest BCUT2D eigenvalue weighted by Crippen LogP contribution is -2.21. The molecule has 37 heavy (non-hydrogen) atoms. The second-order valence-corrected chi connectivity index (χ2v) is 9.14. The van der Waals surface area contributed by atoms with Gasteiger partial charge in [-0.3, -0.25) is 5.32 Å². The number of hydrogen-bond acceptors (Lipinski definition) is 5. The van der Waals surface area contributed by atoms with E-state index in [1.807, 2.05) is 80.6 Å². The highest BCUT2D eigenvalue weighted by atomic mass is 16.5. The zero-order valence-electron chi connectivity index (χ0n) is 21.2. The molecule has 2 heterocycles. The molecular formula is C29H28N6O2. The number of aryl methyl sites for hydroxylation is 2. The number of amides is 2. The lowest BCUT2D eigenvalue weighted by Gasteiger charge is -2.14. The third-order valence-corrected chi connectivity index (χ3v) is 5.94. The number of ether oxygens (including phenoxy) is 1. The molecule has 8 nitrogen and oxygen atoms in total. The minimum atomic E-state index is -0.367. The second kappa shape index (κ2) is 10.1. The van der Waals surface area contributed by atoms with E-state index in [4.69, 9.17) is 9.84 Å². The average Bonchev–Trinajstić information content (AvgIpc) is 3.30. The Morgan fingerprint density at radius 3 is 2.41 bits per heavy atom. The Kier molecular flexibility index (Phi) is 6.55. The molecule has 0 fully saturated rings. The molecule has 5 rings (SSSR count). The van der Waals surface area contributed by atoms with Gasteiger partial charge in [0.2, 0.25) is 5.88 Å². The topological polar surface area (TPSA) is 94.0 Å². The molecular weight excluding hydrogens is 464 g/mol. The van der Waals surface area contributed by atoms with Crippen molar-refractivity contribution in [2.24, 2.45) is 0 Å². The molecule has 186 valence electrons. The number of nitrogens with zero attached hydrogens (tertiary/aromatic N) is 4. The number of benzene rings is 3. The molecule has 0 aliphatic rings. The molecule has 0 bridgehead atoms. The summed E-state index contributed by atoms with van der Waals surface area (Å²) in [6.45, 7) is 7.99. The van der Waals surface area contributed by atoms with Crippen LogP contribution in [0.15, 0.2) is 79.0 Å². The summed E-state index contributed by atoms with van der Waals surface area (Å²) >= 11 is 0. The van der Waals surface area contributed by atoms with Crippen LogP contribution in [0.3, 0.4) is 0 Å². The molecule has 0 atom stereocenters.